The van der Waals surface area contributed by atoms with E-state index < -0.39 is 23.5 Å². The van der Waals surface area contributed by atoms with E-state index in [4.69, 9.17) is 10.5 Å². The van der Waals surface area contributed by atoms with Crippen LogP contribution < -0.4 is 15.8 Å². The number of hydrogen-bond acceptors (Lipinski definition) is 3. The average Bonchev–Trinajstić information content (AvgIpc) is 2.31. The Kier molecular flexibility index (Phi) is 5.16. The molecular formula is C14H19BrN2O3. The smallest absolute Gasteiger partial charge is 0.261 e. The van der Waals surface area contributed by atoms with Gasteiger partial charge in [0.15, 0.2) is 6.10 Å². The minimum absolute atomic E-state index is 0.402. The number of halogens is 1. The van der Waals surface area contributed by atoms with Crippen molar-refractivity contribution in [2.75, 3.05) is 0 Å². The molecule has 1 aromatic rings. The zero-order chi connectivity index (χ0) is 15.5. The first-order valence-corrected chi connectivity index (χ1v) is 6.97. The number of carbonyl (C=O) groups is 2. The van der Waals surface area contributed by atoms with Gasteiger partial charge in [-0.3, -0.25) is 9.59 Å². The highest BCUT2D eigenvalue weighted by molar-refractivity contribution is 9.10. The zero-order valence-electron chi connectivity index (χ0n) is 12.0. The summed E-state index contributed by atoms with van der Waals surface area (Å²) >= 11 is 3.38. The van der Waals surface area contributed by atoms with Crippen LogP contribution in [0.5, 0.6) is 5.75 Å². The molecule has 0 aliphatic rings. The number of primary amides is 1. The highest BCUT2D eigenvalue weighted by Crippen LogP contribution is 2.26. The second-order valence-corrected chi connectivity index (χ2v) is 6.03. The summed E-state index contributed by atoms with van der Waals surface area (Å²) < 4.78 is 6.35. The summed E-state index contributed by atoms with van der Waals surface area (Å²) in [5.41, 5.74) is 5.18. The number of nitrogens with two attached hydrogens (primary N) is 1. The number of rotatable bonds is 5. The molecule has 1 atom stereocenters. The lowest BCUT2D eigenvalue weighted by atomic mass is 10.0. The van der Waals surface area contributed by atoms with Gasteiger partial charge in [0.05, 0.1) is 4.47 Å². The first-order valence-electron chi connectivity index (χ1n) is 6.18. The summed E-state index contributed by atoms with van der Waals surface area (Å²) in [4.78, 5) is 23.2. The van der Waals surface area contributed by atoms with E-state index in [2.05, 4.69) is 21.2 Å². The van der Waals surface area contributed by atoms with Crippen molar-refractivity contribution in [1.82, 2.24) is 5.32 Å². The number of hydrogen-bond donors (Lipinski definition) is 2. The Morgan fingerprint density at radius 2 is 2.00 bits per heavy atom. The average molecular weight is 343 g/mol. The molecule has 6 heteroatoms. The molecule has 0 saturated carbocycles. The Morgan fingerprint density at radius 3 is 2.50 bits per heavy atom. The van der Waals surface area contributed by atoms with Gasteiger partial charge in [0.1, 0.15) is 11.3 Å². The van der Waals surface area contributed by atoms with Gasteiger partial charge in [0.25, 0.3) is 5.91 Å². The summed E-state index contributed by atoms with van der Waals surface area (Å²) in [6.07, 6.45) is -0.743. The lowest BCUT2D eigenvalue weighted by Gasteiger charge is -2.25. The third-order valence-electron chi connectivity index (χ3n) is 2.81. The number of benzene rings is 1. The Hall–Kier alpha value is -1.56. The summed E-state index contributed by atoms with van der Waals surface area (Å²) in [5, 5.41) is 2.55. The summed E-state index contributed by atoms with van der Waals surface area (Å²) in [7, 11) is 0. The quantitative estimate of drug-likeness (QED) is 0.857. The fourth-order valence-corrected chi connectivity index (χ4v) is 2.00. The fraction of sp³-hybridized carbons (Fsp3) is 0.429. The number of amides is 2. The minimum Gasteiger partial charge on any atom is -0.480 e. The van der Waals surface area contributed by atoms with Crippen LogP contribution in [0.2, 0.25) is 0 Å². The third kappa shape index (κ3) is 4.23. The maximum atomic E-state index is 12.0. The highest BCUT2D eigenvalue weighted by atomic mass is 79.9. The van der Waals surface area contributed by atoms with Crippen molar-refractivity contribution >= 4 is 27.7 Å². The molecule has 0 radical (unpaired) electrons. The molecule has 1 aromatic carbocycles. The van der Waals surface area contributed by atoms with Crippen LogP contribution in [0.3, 0.4) is 0 Å². The summed E-state index contributed by atoms with van der Waals surface area (Å²) in [5.74, 6) is -0.439. The van der Waals surface area contributed by atoms with Crippen LogP contribution in [0.1, 0.15) is 26.3 Å². The SMILES string of the molecule is Cc1ccc(O[C@H](C)C(=O)NC(C)(C)C(N)=O)c(Br)c1. The maximum Gasteiger partial charge on any atom is 0.261 e. The molecule has 2 amide bonds. The topological polar surface area (TPSA) is 81.4 Å². The molecule has 110 valence electrons. The minimum atomic E-state index is -1.11. The van der Waals surface area contributed by atoms with Gasteiger partial charge in [-0.25, -0.2) is 0 Å². The molecule has 0 fully saturated rings. The van der Waals surface area contributed by atoms with Gasteiger partial charge in [-0.1, -0.05) is 6.07 Å². The molecule has 3 N–H and O–H groups in total. The van der Waals surface area contributed by atoms with Gasteiger partial charge in [-0.05, 0) is 61.3 Å². The van der Waals surface area contributed by atoms with E-state index in [1.807, 2.05) is 19.1 Å². The molecule has 20 heavy (non-hydrogen) atoms. The second kappa shape index (κ2) is 6.26. The molecule has 0 spiro atoms. The molecule has 0 bridgehead atoms. The summed E-state index contributed by atoms with van der Waals surface area (Å²) in [6.45, 7) is 6.66. The molecular weight excluding hydrogens is 324 g/mol. The second-order valence-electron chi connectivity index (χ2n) is 5.17. The van der Waals surface area contributed by atoms with Crippen LogP contribution in [0, 0.1) is 6.92 Å². The van der Waals surface area contributed by atoms with E-state index >= 15 is 0 Å². The normalized spacial score (nSPS) is 12.7. The van der Waals surface area contributed by atoms with E-state index in [1.165, 1.54) is 0 Å². The van der Waals surface area contributed by atoms with Crippen molar-refractivity contribution in [1.29, 1.82) is 0 Å². The largest absolute Gasteiger partial charge is 0.480 e. The third-order valence-corrected chi connectivity index (χ3v) is 3.43. The number of carbonyl (C=O) groups excluding carboxylic acids is 2. The number of ether oxygens (including phenoxy) is 1. The number of aryl methyl sites for hydroxylation is 1. The highest BCUT2D eigenvalue weighted by Gasteiger charge is 2.29. The van der Waals surface area contributed by atoms with Crippen LogP contribution in [0.4, 0.5) is 0 Å². The van der Waals surface area contributed by atoms with Gasteiger partial charge in [0.2, 0.25) is 5.91 Å². The van der Waals surface area contributed by atoms with E-state index in [9.17, 15) is 9.59 Å². The van der Waals surface area contributed by atoms with E-state index in [0.29, 0.717) is 5.75 Å². The van der Waals surface area contributed by atoms with Crippen molar-refractivity contribution in [3.8, 4) is 5.75 Å². The van der Waals surface area contributed by atoms with Gasteiger partial charge in [-0.2, -0.15) is 0 Å². The van der Waals surface area contributed by atoms with E-state index in [0.717, 1.165) is 10.0 Å². The Morgan fingerprint density at radius 1 is 1.40 bits per heavy atom. The molecule has 0 saturated heterocycles. The van der Waals surface area contributed by atoms with Crippen molar-refractivity contribution in [2.45, 2.75) is 39.3 Å². The first kappa shape index (κ1) is 16.5. The summed E-state index contributed by atoms with van der Waals surface area (Å²) in [6, 6.07) is 5.56. The van der Waals surface area contributed by atoms with Gasteiger partial charge >= 0.3 is 0 Å². The Balaban J connectivity index is 2.73. The number of nitrogens with one attached hydrogen (secondary N) is 1. The molecule has 0 heterocycles. The van der Waals surface area contributed by atoms with Crippen LogP contribution in [0.15, 0.2) is 22.7 Å². The first-order chi connectivity index (χ1) is 9.13. The molecule has 0 aromatic heterocycles. The van der Waals surface area contributed by atoms with Crippen LogP contribution in [-0.2, 0) is 9.59 Å². The standard InChI is InChI=1S/C14H19BrN2O3/c1-8-5-6-11(10(15)7-8)20-9(2)12(18)17-14(3,4)13(16)19/h5-7,9H,1-4H3,(H2,16,19)(H,17,18)/t9-/m1/s1. The molecule has 0 unspecified atom stereocenters. The van der Waals surface area contributed by atoms with Crippen LogP contribution >= 0.6 is 15.9 Å². The van der Waals surface area contributed by atoms with Crippen molar-refractivity contribution in [2.24, 2.45) is 5.73 Å². The van der Waals surface area contributed by atoms with Gasteiger partial charge < -0.3 is 15.8 Å². The molecule has 0 aliphatic carbocycles. The lowest BCUT2D eigenvalue weighted by molar-refractivity contribution is -0.134. The van der Waals surface area contributed by atoms with Crippen LogP contribution in [-0.4, -0.2) is 23.5 Å². The zero-order valence-corrected chi connectivity index (χ0v) is 13.6. The molecule has 0 aliphatic heterocycles. The van der Waals surface area contributed by atoms with Crippen molar-refractivity contribution < 1.29 is 14.3 Å². The van der Waals surface area contributed by atoms with E-state index in [1.54, 1.807) is 26.8 Å². The van der Waals surface area contributed by atoms with Gasteiger partial charge in [-0.15, -0.1) is 0 Å². The van der Waals surface area contributed by atoms with Crippen molar-refractivity contribution in [3.05, 3.63) is 28.2 Å². The maximum absolute atomic E-state index is 12.0. The molecule has 5 nitrogen and oxygen atoms in total. The predicted octanol–water partition coefficient (Wildman–Crippen LogP) is 1.90. The fourth-order valence-electron chi connectivity index (χ4n) is 1.42. The predicted molar refractivity (Wildman–Crippen MR) is 80.4 cm³/mol. The van der Waals surface area contributed by atoms with Crippen molar-refractivity contribution in [3.63, 3.8) is 0 Å². The molecule has 1 rings (SSSR count). The van der Waals surface area contributed by atoms with E-state index in [-0.39, 0.29) is 0 Å². The Labute approximate surface area is 127 Å². The Bertz CT molecular complexity index is 529. The monoisotopic (exact) mass is 342 g/mol. The van der Waals surface area contributed by atoms with Crippen LogP contribution in [0.25, 0.3) is 0 Å². The lowest BCUT2D eigenvalue weighted by Crippen LogP contribution is -2.55. The van der Waals surface area contributed by atoms with Gasteiger partial charge in [0, 0.05) is 0 Å².